The number of carbonyl (C=O) groups is 2. The lowest BCUT2D eigenvalue weighted by atomic mass is 9.78. The molecule has 1 aromatic rings. The molecule has 2 atom stereocenters. The van der Waals surface area contributed by atoms with Crippen LogP contribution in [0.4, 0.5) is 0 Å². The van der Waals surface area contributed by atoms with Gasteiger partial charge in [0, 0.05) is 26.2 Å². The number of aryl methyl sites for hydroxylation is 1. The highest BCUT2D eigenvalue weighted by atomic mass is 32.2. The molecule has 1 aliphatic heterocycles. The summed E-state index contributed by atoms with van der Waals surface area (Å²) < 4.78 is 26.9. The van der Waals surface area contributed by atoms with Gasteiger partial charge in [-0.2, -0.15) is 4.31 Å². The maximum atomic E-state index is 12.8. The number of carboxylic acid groups (broad SMARTS) is 1. The lowest BCUT2D eigenvalue weighted by Crippen LogP contribution is -2.53. The first kappa shape index (κ1) is 19.8. The van der Waals surface area contributed by atoms with Gasteiger partial charge in [0.1, 0.15) is 0 Å². The van der Waals surface area contributed by atoms with Crippen molar-refractivity contribution in [2.45, 2.75) is 37.5 Å². The summed E-state index contributed by atoms with van der Waals surface area (Å²) in [6, 6.07) is 6.73. The molecule has 0 aromatic heterocycles. The molecule has 0 spiro atoms. The first-order chi connectivity index (χ1) is 12.8. The molecule has 0 bridgehead atoms. The number of sulfonamides is 1. The number of benzene rings is 1. The Bertz CT molecular complexity index is 798. The highest BCUT2D eigenvalue weighted by Gasteiger charge is 2.39. The van der Waals surface area contributed by atoms with Crippen LogP contribution >= 0.6 is 0 Å². The molecular weight excluding hydrogens is 368 g/mol. The van der Waals surface area contributed by atoms with E-state index in [0.29, 0.717) is 25.9 Å². The van der Waals surface area contributed by atoms with Gasteiger partial charge in [0.05, 0.1) is 16.7 Å². The van der Waals surface area contributed by atoms with Crippen LogP contribution in [0, 0.1) is 18.8 Å². The van der Waals surface area contributed by atoms with E-state index in [2.05, 4.69) is 0 Å². The summed E-state index contributed by atoms with van der Waals surface area (Å²) in [4.78, 5) is 26.2. The van der Waals surface area contributed by atoms with Gasteiger partial charge in [0.15, 0.2) is 0 Å². The molecule has 1 aromatic carbocycles. The Balaban J connectivity index is 1.65. The van der Waals surface area contributed by atoms with E-state index in [0.717, 1.165) is 18.4 Å². The molecule has 3 rings (SSSR count). The molecule has 1 N–H and O–H groups in total. The summed E-state index contributed by atoms with van der Waals surface area (Å²) in [5, 5.41) is 9.39. The third kappa shape index (κ3) is 4.16. The Hall–Kier alpha value is -1.93. The zero-order valence-corrected chi connectivity index (χ0v) is 16.3. The van der Waals surface area contributed by atoms with Crippen molar-refractivity contribution in [3.8, 4) is 0 Å². The molecular formula is C19H26N2O5S. The molecule has 2 fully saturated rings. The summed E-state index contributed by atoms with van der Waals surface area (Å²) in [5.74, 6) is -2.17. The minimum absolute atomic E-state index is 0.144. The molecule has 1 amide bonds. The van der Waals surface area contributed by atoms with Crippen LogP contribution in [0.15, 0.2) is 29.2 Å². The predicted octanol–water partition coefficient (Wildman–Crippen LogP) is 1.72. The van der Waals surface area contributed by atoms with Crippen LogP contribution < -0.4 is 0 Å². The molecule has 1 saturated heterocycles. The number of carbonyl (C=O) groups excluding carboxylic acids is 1. The third-order valence-corrected chi connectivity index (χ3v) is 7.52. The fraction of sp³-hybridized carbons (Fsp3) is 0.579. The van der Waals surface area contributed by atoms with Crippen molar-refractivity contribution in [1.29, 1.82) is 0 Å². The summed E-state index contributed by atoms with van der Waals surface area (Å²) in [7, 11) is -3.58. The highest BCUT2D eigenvalue weighted by Crippen LogP contribution is 2.32. The van der Waals surface area contributed by atoms with Gasteiger partial charge < -0.3 is 10.0 Å². The number of aliphatic carboxylic acids is 1. The number of nitrogens with zero attached hydrogens (tertiary/aromatic N) is 2. The minimum atomic E-state index is -3.58. The zero-order chi connectivity index (χ0) is 19.6. The molecule has 148 valence electrons. The van der Waals surface area contributed by atoms with Gasteiger partial charge in [0.25, 0.3) is 0 Å². The SMILES string of the molecule is Cc1ccc(S(=O)(=O)N2CCN(C(=O)[C@@H]3CCCC[C@H]3C(=O)O)CC2)cc1. The zero-order valence-electron chi connectivity index (χ0n) is 15.5. The Morgan fingerprint density at radius 2 is 1.52 bits per heavy atom. The smallest absolute Gasteiger partial charge is 0.307 e. The van der Waals surface area contributed by atoms with Crippen molar-refractivity contribution in [2.24, 2.45) is 11.8 Å². The number of amides is 1. The maximum absolute atomic E-state index is 12.8. The van der Waals surface area contributed by atoms with Gasteiger partial charge in [-0.05, 0) is 31.9 Å². The predicted molar refractivity (Wildman–Crippen MR) is 99.6 cm³/mol. The van der Waals surface area contributed by atoms with Crippen LogP contribution in [0.2, 0.25) is 0 Å². The summed E-state index contributed by atoms with van der Waals surface area (Å²) >= 11 is 0. The van der Waals surface area contributed by atoms with Crippen LogP contribution in [0.1, 0.15) is 31.2 Å². The van der Waals surface area contributed by atoms with E-state index in [-0.39, 0.29) is 23.9 Å². The van der Waals surface area contributed by atoms with E-state index in [4.69, 9.17) is 0 Å². The minimum Gasteiger partial charge on any atom is -0.481 e. The Kier molecular flexibility index (Phi) is 5.86. The summed E-state index contributed by atoms with van der Waals surface area (Å²) in [6.45, 7) is 2.95. The molecule has 7 nitrogen and oxygen atoms in total. The van der Waals surface area contributed by atoms with Crippen molar-refractivity contribution in [3.05, 3.63) is 29.8 Å². The second kappa shape index (κ2) is 7.98. The number of piperazine rings is 1. The first-order valence-electron chi connectivity index (χ1n) is 9.39. The molecule has 2 aliphatic rings. The van der Waals surface area contributed by atoms with E-state index in [1.54, 1.807) is 29.2 Å². The second-order valence-electron chi connectivity index (χ2n) is 7.38. The molecule has 1 heterocycles. The second-order valence-corrected chi connectivity index (χ2v) is 9.32. The highest BCUT2D eigenvalue weighted by molar-refractivity contribution is 7.89. The van der Waals surface area contributed by atoms with Crippen LogP contribution in [0.25, 0.3) is 0 Å². The maximum Gasteiger partial charge on any atom is 0.307 e. The molecule has 27 heavy (non-hydrogen) atoms. The quantitative estimate of drug-likeness (QED) is 0.839. The fourth-order valence-corrected chi connectivity index (χ4v) is 5.39. The van der Waals surface area contributed by atoms with Crippen molar-refractivity contribution in [2.75, 3.05) is 26.2 Å². The Morgan fingerprint density at radius 1 is 0.963 bits per heavy atom. The molecule has 8 heteroatoms. The third-order valence-electron chi connectivity index (χ3n) is 5.61. The van der Waals surface area contributed by atoms with Gasteiger partial charge in [-0.15, -0.1) is 0 Å². The van der Waals surface area contributed by atoms with Crippen LogP contribution in [-0.2, 0) is 19.6 Å². The molecule has 0 unspecified atom stereocenters. The molecule has 0 radical (unpaired) electrons. The average Bonchev–Trinajstić information content (AvgIpc) is 2.68. The van der Waals surface area contributed by atoms with E-state index < -0.39 is 27.8 Å². The number of rotatable bonds is 4. The summed E-state index contributed by atoms with van der Waals surface area (Å²) in [6.07, 6.45) is 2.83. The van der Waals surface area contributed by atoms with E-state index >= 15 is 0 Å². The van der Waals surface area contributed by atoms with Crippen molar-refractivity contribution in [1.82, 2.24) is 9.21 Å². The largest absolute Gasteiger partial charge is 0.481 e. The van der Waals surface area contributed by atoms with Crippen LogP contribution in [0.5, 0.6) is 0 Å². The number of hydrogen-bond acceptors (Lipinski definition) is 4. The number of hydrogen-bond donors (Lipinski definition) is 1. The van der Waals surface area contributed by atoms with Gasteiger partial charge in [-0.1, -0.05) is 30.5 Å². The summed E-state index contributed by atoms with van der Waals surface area (Å²) in [5.41, 5.74) is 0.991. The van der Waals surface area contributed by atoms with Gasteiger partial charge in [-0.25, -0.2) is 8.42 Å². The molecule has 1 aliphatic carbocycles. The van der Waals surface area contributed by atoms with Crippen LogP contribution in [-0.4, -0.2) is 60.8 Å². The lowest BCUT2D eigenvalue weighted by molar-refractivity contribution is -0.152. The van der Waals surface area contributed by atoms with Gasteiger partial charge in [0.2, 0.25) is 15.9 Å². The Labute approximate surface area is 160 Å². The Morgan fingerprint density at radius 3 is 2.07 bits per heavy atom. The van der Waals surface area contributed by atoms with E-state index in [1.165, 1.54) is 4.31 Å². The van der Waals surface area contributed by atoms with E-state index in [9.17, 15) is 23.1 Å². The van der Waals surface area contributed by atoms with Crippen molar-refractivity contribution in [3.63, 3.8) is 0 Å². The lowest BCUT2D eigenvalue weighted by Gasteiger charge is -2.38. The first-order valence-corrected chi connectivity index (χ1v) is 10.8. The average molecular weight is 394 g/mol. The van der Waals surface area contributed by atoms with Crippen LogP contribution in [0.3, 0.4) is 0 Å². The van der Waals surface area contributed by atoms with Gasteiger partial charge in [-0.3, -0.25) is 9.59 Å². The monoisotopic (exact) mass is 394 g/mol. The number of carboxylic acids is 1. The van der Waals surface area contributed by atoms with Crippen molar-refractivity contribution < 1.29 is 23.1 Å². The fourth-order valence-electron chi connectivity index (χ4n) is 3.96. The normalized spacial score (nSPS) is 24.6. The van der Waals surface area contributed by atoms with Gasteiger partial charge >= 0.3 is 5.97 Å². The topological polar surface area (TPSA) is 95.0 Å². The standard InChI is InChI=1S/C19H26N2O5S/c1-14-6-8-15(9-7-14)27(25,26)21-12-10-20(11-13-21)18(22)16-4-2-3-5-17(16)19(23)24/h6-9,16-17H,2-5,10-13H2,1H3,(H,23,24)/t16-,17-/m1/s1. The van der Waals surface area contributed by atoms with Crippen molar-refractivity contribution >= 4 is 21.9 Å². The van der Waals surface area contributed by atoms with E-state index in [1.807, 2.05) is 6.92 Å². The molecule has 1 saturated carbocycles.